The van der Waals surface area contributed by atoms with E-state index in [1.807, 2.05) is 53.2 Å². The molecule has 3 aromatic rings. The molecule has 0 bridgehead atoms. The Bertz CT molecular complexity index is 855. The average Bonchev–Trinajstić information content (AvgIpc) is 3.18. The average molecular weight is 326 g/mol. The summed E-state index contributed by atoms with van der Waals surface area (Å²) in [5, 5.41) is 9.00. The molecule has 1 aliphatic rings. The van der Waals surface area contributed by atoms with Crippen molar-refractivity contribution >= 4 is 17.4 Å². The van der Waals surface area contributed by atoms with Gasteiger partial charge in [-0.1, -0.05) is 23.7 Å². The third-order valence-electron chi connectivity index (χ3n) is 4.08. The summed E-state index contributed by atoms with van der Waals surface area (Å²) in [5.74, 6) is 1.89. The molecule has 0 aliphatic carbocycles. The molecular weight excluding hydrogens is 310 g/mol. The van der Waals surface area contributed by atoms with Crippen molar-refractivity contribution in [2.24, 2.45) is 0 Å². The van der Waals surface area contributed by atoms with E-state index < -0.39 is 0 Å². The van der Waals surface area contributed by atoms with Crippen molar-refractivity contribution in [3.63, 3.8) is 0 Å². The number of para-hydroxylation sites is 1. The molecular formula is C18H16ClN3O. The van der Waals surface area contributed by atoms with Gasteiger partial charge in [-0.15, -0.1) is 0 Å². The standard InChI is InChI=1S/C18H16ClN3O/c1-23-16-5-3-2-4-14(16)17-15-10-11-20-18(15)22(21-17)13-8-6-12(19)7-9-13/h2-9,20H,10-11H2,1H3. The van der Waals surface area contributed by atoms with Gasteiger partial charge in [-0.3, -0.25) is 0 Å². The molecule has 0 saturated heterocycles. The number of rotatable bonds is 3. The van der Waals surface area contributed by atoms with Gasteiger partial charge in [0.1, 0.15) is 17.3 Å². The second kappa shape index (κ2) is 5.63. The summed E-state index contributed by atoms with van der Waals surface area (Å²) in [4.78, 5) is 0. The Morgan fingerprint density at radius 2 is 1.91 bits per heavy atom. The van der Waals surface area contributed by atoms with Gasteiger partial charge in [0.15, 0.2) is 0 Å². The summed E-state index contributed by atoms with van der Waals surface area (Å²) >= 11 is 6.00. The van der Waals surface area contributed by atoms with Crippen molar-refractivity contribution in [2.45, 2.75) is 6.42 Å². The Morgan fingerprint density at radius 3 is 2.70 bits per heavy atom. The van der Waals surface area contributed by atoms with E-state index in [0.717, 1.165) is 46.5 Å². The van der Waals surface area contributed by atoms with Gasteiger partial charge in [0, 0.05) is 22.7 Å². The molecule has 0 spiro atoms. The number of nitrogens with zero attached hydrogens (tertiary/aromatic N) is 2. The first-order chi connectivity index (χ1) is 11.3. The molecule has 2 aromatic carbocycles. The lowest BCUT2D eigenvalue weighted by atomic mass is 10.1. The van der Waals surface area contributed by atoms with Crippen LogP contribution in [-0.2, 0) is 6.42 Å². The summed E-state index contributed by atoms with van der Waals surface area (Å²) in [5.41, 5.74) is 4.20. The smallest absolute Gasteiger partial charge is 0.133 e. The third-order valence-corrected chi connectivity index (χ3v) is 4.34. The van der Waals surface area contributed by atoms with E-state index in [1.165, 1.54) is 5.56 Å². The van der Waals surface area contributed by atoms with Crippen LogP contribution in [0.25, 0.3) is 16.9 Å². The molecule has 0 fully saturated rings. The summed E-state index contributed by atoms with van der Waals surface area (Å²) in [6.07, 6.45) is 0.955. The zero-order valence-corrected chi connectivity index (χ0v) is 13.5. The Kier molecular flexibility index (Phi) is 3.46. The topological polar surface area (TPSA) is 39.1 Å². The van der Waals surface area contributed by atoms with Crippen LogP contribution in [0.3, 0.4) is 0 Å². The molecule has 1 aromatic heterocycles. The monoisotopic (exact) mass is 325 g/mol. The number of benzene rings is 2. The van der Waals surface area contributed by atoms with Crippen LogP contribution in [0.5, 0.6) is 5.75 Å². The van der Waals surface area contributed by atoms with Gasteiger partial charge in [0.05, 0.1) is 12.8 Å². The highest BCUT2D eigenvalue weighted by molar-refractivity contribution is 6.30. The largest absolute Gasteiger partial charge is 0.496 e. The zero-order valence-electron chi connectivity index (χ0n) is 12.7. The van der Waals surface area contributed by atoms with Crippen molar-refractivity contribution in [3.05, 3.63) is 59.1 Å². The number of anilines is 1. The van der Waals surface area contributed by atoms with Gasteiger partial charge >= 0.3 is 0 Å². The van der Waals surface area contributed by atoms with Crippen LogP contribution in [0, 0.1) is 0 Å². The first kappa shape index (κ1) is 14.2. The fraction of sp³-hybridized carbons (Fsp3) is 0.167. The minimum absolute atomic E-state index is 0.718. The van der Waals surface area contributed by atoms with E-state index in [1.54, 1.807) is 7.11 Å². The van der Waals surface area contributed by atoms with E-state index in [4.69, 9.17) is 21.4 Å². The lowest BCUT2D eigenvalue weighted by Crippen LogP contribution is -2.04. The molecule has 4 nitrogen and oxygen atoms in total. The van der Waals surface area contributed by atoms with Gasteiger partial charge in [0.2, 0.25) is 0 Å². The lowest BCUT2D eigenvalue weighted by molar-refractivity contribution is 0.416. The SMILES string of the molecule is COc1ccccc1-c1nn(-c2ccc(Cl)cc2)c2c1CCN2. The van der Waals surface area contributed by atoms with Crippen LogP contribution in [0.15, 0.2) is 48.5 Å². The van der Waals surface area contributed by atoms with Crippen molar-refractivity contribution in [1.82, 2.24) is 9.78 Å². The number of fused-ring (bicyclic) bond motifs is 1. The normalized spacial score (nSPS) is 12.8. The van der Waals surface area contributed by atoms with Crippen molar-refractivity contribution in [3.8, 4) is 22.7 Å². The maximum Gasteiger partial charge on any atom is 0.133 e. The van der Waals surface area contributed by atoms with Gasteiger partial charge in [-0.2, -0.15) is 5.10 Å². The summed E-state index contributed by atoms with van der Waals surface area (Å²) in [6.45, 7) is 0.920. The third kappa shape index (κ3) is 2.35. The van der Waals surface area contributed by atoms with E-state index in [0.29, 0.717) is 0 Å². The van der Waals surface area contributed by atoms with Crippen LogP contribution < -0.4 is 10.1 Å². The van der Waals surface area contributed by atoms with Crippen LogP contribution in [-0.4, -0.2) is 23.4 Å². The zero-order chi connectivity index (χ0) is 15.8. The van der Waals surface area contributed by atoms with Crippen LogP contribution in [0.1, 0.15) is 5.56 Å². The highest BCUT2D eigenvalue weighted by atomic mass is 35.5. The summed E-state index contributed by atoms with van der Waals surface area (Å²) < 4.78 is 7.45. The Hall–Kier alpha value is -2.46. The highest BCUT2D eigenvalue weighted by Gasteiger charge is 2.25. The molecule has 5 heteroatoms. The molecule has 4 rings (SSSR count). The highest BCUT2D eigenvalue weighted by Crippen LogP contribution is 2.38. The van der Waals surface area contributed by atoms with E-state index in [2.05, 4.69) is 5.32 Å². The lowest BCUT2D eigenvalue weighted by Gasteiger charge is -2.07. The Labute approximate surface area is 139 Å². The van der Waals surface area contributed by atoms with Crippen LogP contribution >= 0.6 is 11.6 Å². The van der Waals surface area contributed by atoms with Crippen LogP contribution in [0.2, 0.25) is 5.02 Å². The number of methoxy groups -OCH3 is 1. The van der Waals surface area contributed by atoms with Gasteiger partial charge in [-0.25, -0.2) is 4.68 Å². The second-order valence-electron chi connectivity index (χ2n) is 5.44. The van der Waals surface area contributed by atoms with Gasteiger partial charge in [0.25, 0.3) is 0 Å². The van der Waals surface area contributed by atoms with Crippen molar-refractivity contribution in [2.75, 3.05) is 19.0 Å². The molecule has 0 atom stereocenters. The minimum Gasteiger partial charge on any atom is -0.496 e. The maximum atomic E-state index is 6.00. The number of nitrogens with one attached hydrogen (secondary N) is 1. The molecule has 1 aliphatic heterocycles. The fourth-order valence-electron chi connectivity index (χ4n) is 3.00. The molecule has 116 valence electrons. The molecule has 23 heavy (non-hydrogen) atoms. The Balaban J connectivity index is 1.90. The van der Waals surface area contributed by atoms with Gasteiger partial charge < -0.3 is 10.1 Å². The first-order valence-corrected chi connectivity index (χ1v) is 7.91. The quantitative estimate of drug-likeness (QED) is 0.785. The fourth-order valence-corrected chi connectivity index (χ4v) is 3.13. The van der Waals surface area contributed by atoms with Gasteiger partial charge in [-0.05, 0) is 42.8 Å². The van der Waals surface area contributed by atoms with Crippen LogP contribution in [0.4, 0.5) is 5.82 Å². The van der Waals surface area contributed by atoms with Crippen molar-refractivity contribution < 1.29 is 4.74 Å². The molecule has 0 saturated carbocycles. The number of hydrogen-bond acceptors (Lipinski definition) is 3. The predicted molar refractivity (Wildman–Crippen MR) is 92.8 cm³/mol. The Morgan fingerprint density at radius 1 is 1.13 bits per heavy atom. The first-order valence-electron chi connectivity index (χ1n) is 7.53. The predicted octanol–water partition coefficient (Wildman–Crippen LogP) is 4.17. The van der Waals surface area contributed by atoms with Crippen molar-refractivity contribution in [1.29, 1.82) is 0 Å². The summed E-state index contributed by atoms with van der Waals surface area (Å²) in [7, 11) is 1.69. The molecule has 0 radical (unpaired) electrons. The second-order valence-corrected chi connectivity index (χ2v) is 5.88. The summed E-state index contributed by atoms with van der Waals surface area (Å²) in [6, 6.07) is 15.7. The molecule has 0 amide bonds. The minimum atomic E-state index is 0.718. The number of ether oxygens (including phenoxy) is 1. The molecule has 1 N–H and O–H groups in total. The molecule has 2 heterocycles. The van der Waals surface area contributed by atoms with E-state index in [-0.39, 0.29) is 0 Å². The van der Waals surface area contributed by atoms with E-state index in [9.17, 15) is 0 Å². The number of halogens is 1. The maximum absolute atomic E-state index is 6.00. The number of hydrogen-bond donors (Lipinski definition) is 1. The number of aromatic nitrogens is 2. The van der Waals surface area contributed by atoms with E-state index >= 15 is 0 Å². The molecule has 0 unspecified atom stereocenters.